The van der Waals surface area contributed by atoms with E-state index >= 15 is 0 Å². The fraction of sp³-hybridized carbons (Fsp3) is 0.667. The van der Waals surface area contributed by atoms with Crippen molar-refractivity contribution in [1.29, 1.82) is 0 Å². The van der Waals surface area contributed by atoms with E-state index in [0.717, 1.165) is 5.71 Å². The summed E-state index contributed by atoms with van der Waals surface area (Å²) in [4.78, 5) is 0. The second kappa shape index (κ2) is 22.9. The fourth-order valence-corrected chi connectivity index (χ4v) is 0.222. The molecule has 0 heterocycles. The quantitative estimate of drug-likeness (QED) is 0.485. The minimum absolute atomic E-state index is 0.905. The van der Waals surface area contributed by atoms with Crippen LogP contribution in [0.3, 0.4) is 0 Å². The van der Waals surface area contributed by atoms with Crippen LogP contribution < -0.4 is 5.43 Å². The molecular formula is C9H22N2. The monoisotopic (exact) mass is 158 g/mol. The van der Waals surface area contributed by atoms with E-state index in [0.29, 0.717) is 0 Å². The predicted molar refractivity (Wildman–Crippen MR) is 55.1 cm³/mol. The molecule has 0 bridgehead atoms. The SMILES string of the molecule is C=C/C(C)=N\NC.CC.CC. The van der Waals surface area contributed by atoms with Crippen molar-refractivity contribution >= 4 is 5.71 Å². The van der Waals surface area contributed by atoms with Gasteiger partial charge in [0.05, 0.1) is 5.71 Å². The number of hydrazone groups is 1. The lowest BCUT2D eigenvalue weighted by Gasteiger charge is -1.86. The first-order chi connectivity index (χ1) is 5.31. The van der Waals surface area contributed by atoms with E-state index in [1.54, 1.807) is 13.1 Å². The summed E-state index contributed by atoms with van der Waals surface area (Å²) in [6, 6.07) is 0. The Hall–Kier alpha value is -0.790. The Kier molecular flexibility index (Phi) is 34.6. The van der Waals surface area contributed by atoms with Crippen LogP contribution >= 0.6 is 0 Å². The van der Waals surface area contributed by atoms with Crippen molar-refractivity contribution < 1.29 is 0 Å². The topological polar surface area (TPSA) is 24.4 Å². The standard InChI is InChI=1S/C5H10N2.2C2H6/c1-4-5(2)7-6-3;2*1-2/h4,6H,1H2,2-3H3;2*1-2H3/b7-5-;;. The average Bonchev–Trinajstić information content (AvgIpc) is 2.12. The van der Waals surface area contributed by atoms with Crippen molar-refractivity contribution in [3.63, 3.8) is 0 Å². The molecule has 0 saturated heterocycles. The van der Waals surface area contributed by atoms with E-state index < -0.39 is 0 Å². The Morgan fingerprint density at radius 3 is 1.73 bits per heavy atom. The molecule has 0 aliphatic rings. The second-order valence-corrected chi connectivity index (χ2v) is 1.18. The number of hydrogen-bond acceptors (Lipinski definition) is 2. The maximum absolute atomic E-state index is 3.79. The van der Waals surface area contributed by atoms with Crippen molar-refractivity contribution in [1.82, 2.24) is 5.43 Å². The lowest BCUT2D eigenvalue weighted by Crippen LogP contribution is -1.97. The molecule has 68 valence electrons. The van der Waals surface area contributed by atoms with E-state index in [9.17, 15) is 0 Å². The second-order valence-electron chi connectivity index (χ2n) is 1.18. The maximum Gasteiger partial charge on any atom is 0.0566 e. The van der Waals surface area contributed by atoms with Gasteiger partial charge >= 0.3 is 0 Å². The summed E-state index contributed by atoms with van der Waals surface area (Å²) in [5.74, 6) is 0. The molecular weight excluding hydrogens is 136 g/mol. The van der Waals surface area contributed by atoms with Gasteiger partial charge in [-0.2, -0.15) is 5.10 Å². The fourth-order valence-electron chi connectivity index (χ4n) is 0.222. The molecule has 0 radical (unpaired) electrons. The van der Waals surface area contributed by atoms with E-state index in [1.165, 1.54) is 0 Å². The van der Waals surface area contributed by atoms with Gasteiger partial charge in [0, 0.05) is 7.05 Å². The number of rotatable bonds is 2. The third kappa shape index (κ3) is 27.0. The van der Waals surface area contributed by atoms with Gasteiger partial charge in [0.1, 0.15) is 0 Å². The van der Waals surface area contributed by atoms with Crippen LogP contribution in [0.25, 0.3) is 0 Å². The molecule has 0 fully saturated rings. The van der Waals surface area contributed by atoms with Gasteiger partial charge in [-0.15, -0.1) is 0 Å². The summed E-state index contributed by atoms with van der Waals surface area (Å²) in [5.41, 5.74) is 3.54. The highest BCUT2D eigenvalue weighted by atomic mass is 15.3. The minimum Gasteiger partial charge on any atom is -0.313 e. The summed E-state index contributed by atoms with van der Waals surface area (Å²) in [5, 5.41) is 3.79. The zero-order valence-corrected chi connectivity index (χ0v) is 8.73. The summed E-state index contributed by atoms with van der Waals surface area (Å²) in [6.45, 7) is 13.4. The number of nitrogens with zero attached hydrogens (tertiary/aromatic N) is 1. The van der Waals surface area contributed by atoms with Crippen LogP contribution in [0.2, 0.25) is 0 Å². The molecule has 2 nitrogen and oxygen atoms in total. The highest BCUT2D eigenvalue weighted by Gasteiger charge is 1.72. The van der Waals surface area contributed by atoms with E-state index in [4.69, 9.17) is 0 Å². The summed E-state index contributed by atoms with van der Waals surface area (Å²) < 4.78 is 0. The van der Waals surface area contributed by atoms with Crippen molar-refractivity contribution in [3.8, 4) is 0 Å². The van der Waals surface area contributed by atoms with Crippen molar-refractivity contribution in [2.24, 2.45) is 5.10 Å². The van der Waals surface area contributed by atoms with Gasteiger partial charge < -0.3 is 5.43 Å². The minimum atomic E-state index is 0.905. The smallest absolute Gasteiger partial charge is 0.0566 e. The molecule has 0 amide bonds. The zero-order valence-electron chi connectivity index (χ0n) is 8.73. The molecule has 0 aromatic rings. The van der Waals surface area contributed by atoms with Gasteiger partial charge in [-0.05, 0) is 13.0 Å². The Bertz CT molecular complexity index is 85.6. The van der Waals surface area contributed by atoms with Gasteiger partial charge in [-0.1, -0.05) is 34.3 Å². The van der Waals surface area contributed by atoms with Crippen LogP contribution in [0, 0.1) is 0 Å². The summed E-state index contributed by atoms with van der Waals surface area (Å²) >= 11 is 0. The number of hydrogen-bond donors (Lipinski definition) is 1. The molecule has 0 saturated carbocycles. The lowest BCUT2D eigenvalue weighted by atomic mass is 10.4. The Balaban J connectivity index is -0.000000138. The molecule has 0 aromatic carbocycles. The van der Waals surface area contributed by atoms with Crippen LogP contribution in [0.1, 0.15) is 34.6 Å². The molecule has 1 N–H and O–H groups in total. The maximum atomic E-state index is 3.79. The van der Waals surface area contributed by atoms with Crippen LogP contribution in [0.15, 0.2) is 17.8 Å². The Labute approximate surface area is 71.4 Å². The number of nitrogens with one attached hydrogen (secondary N) is 1. The first-order valence-corrected chi connectivity index (χ1v) is 4.14. The van der Waals surface area contributed by atoms with Crippen molar-refractivity contribution in [2.45, 2.75) is 34.6 Å². The van der Waals surface area contributed by atoms with Crippen molar-refractivity contribution in [3.05, 3.63) is 12.7 Å². The molecule has 11 heavy (non-hydrogen) atoms. The van der Waals surface area contributed by atoms with E-state index in [-0.39, 0.29) is 0 Å². The molecule has 2 heteroatoms. The first-order valence-electron chi connectivity index (χ1n) is 4.14. The third-order valence-electron chi connectivity index (χ3n) is 0.584. The van der Waals surface area contributed by atoms with E-state index in [1.807, 2.05) is 34.6 Å². The molecule has 0 unspecified atom stereocenters. The normalized spacial score (nSPS) is 8.00. The number of allylic oxidation sites excluding steroid dienone is 1. The molecule has 0 aliphatic heterocycles. The van der Waals surface area contributed by atoms with E-state index in [2.05, 4.69) is 17.1 Å². The van der Waals surface area contributed by atoms with Gasteiger partial charge in [0.2, 0.25) is 0 Å². The van der Waals surface area contributed by atoms with Gasteiger partial charge in [-0.25, -0.2) is 0 Å². The first kappa shape index (κ1) is 16.7. The molecule has 0 spiro atoms. The van der Waals surface area contributed by atoms with Crippen LogP contribution in [0.5, 0.6) is 0 Å². The predicted octanol–water partition coefficient (Wildman–Crippen LogP) is 2.82. The molecule has 0 rings (SSSR count). The van der Waals surface area contributed by atoms with Gasteiger partial charge in [0.25, 0.3) is 0 Å². The molecule has 0 atom stereocenters. The zero-order chi connectivity index (χ0) is 9.70. The van der Waals surface area contributed by atoms with Crippen LogP contribution in [0.4, 0.5) is 0 Å². The molecule has 0 aliphatic carbocycles. The highest BCUT2D eigenvalue weighted by molar-refractivity contribution is 5.91. The van der Waals surface area contributed by atoms with Crippen molar-refractivity contribution in [2.75, 3.05) is 7.05 Å². The van der Waals surface area contributed by atoms with Crippen LogP contribution in [-0.2, 0) is 0 Å². The Morgan fingerprint density at radius 2 is 1.64 bits per heavy atom. The largest absolute Gasteiger partial charge is 0.313 e. The van der Waals surface area contributed by atoms with Gasteiger partial charge in [-0.3, -0.25) is 0 Å². The van der Waals surface area contributed by atoms with Crippen LogP contribution in [-0.4, -0.2) is 12.8 Å². The lowest BCUT2D eigenvalue weighted by molar-refractivity contribution is 0.901. The highest BCUT2D eigenvalue weighted by Crippen LogP contribution is 1.70. The summed E-state index contributed by atoms with van der Waals surface area (Å²) in [6.07, 6.45) is 1.69. The molecule has 0 aromatic heterocycles. The Morgan fingerprint density at radius 1 is 1.27 bits per heavy atom. The third-order valence-corrected chi connectivity index (χ3v) is 0.584. The van der Waals surface area contributed by atoms with Gasteiger partial charge in [0.15, 0.2) is 0 Å². The average molecular weight is 158 g/mol. The summed E-state index contributed by atoms with van der Waals surface area (Å²) in [7, 11) is 1.76.